The van der Waals surface area contributed by atoms with E-state index in [4.69, 9.17) is 13.9 Å². The van der Waals surface area contributed by atoms with E-state index in [1.165, 1.54) is 12.3 Å². The van der Waals surface area contributed by atoms with Gasteiger partial charge in [0.15, 0.2) is 0 Å². The van der Waals surface area contributed by atoms with Crippen LogP contribution in [0.3, 0.4) is 0 Å². The highest BCUT2D eigenvalue weighted by molar-refractivity contribution is 5.91. The Balaban J connectivity index is 1.61. The van der Waals surface area contributed by atoms with Crippen LogP contribution >= 0.6 is 0 Å². The summed E-state index contributed by atoms with van der Waals surface area (Å²) in [6.45, 7) is 3.92. The fraction of sp³-hybridized carbons (Fsp3) is 0.0833. The highest BCUT2D eigenvalue weighted by atomic mass is 16.5. The van der Waals surface area contributed by atoms with E-state index in [1.807, 2.05) is 38.1 Å². The number of hydrogen-bond acceptors (Lipinski definition) is 5. The quantitative estimate of drug-likeness (QED) is 0.346. The van der Waals surface area contributed by atoms with Crippen LogP contribution in [0.2, 0.25) is 0 Å². The molecule has 0 saturated carbocycles. The fourth-order valence-corrected chi connectivity index (χ4v) is 3.08. The average molecular weight is 386 g/mol. The molecule has 5 heteroatoms. The first-order valence-electron chi connectivity index (χ1n) is 9.08. The Kier molecular flexibility index (Phi) is 4.87. The standard InChI is InChI=1S/C24H18O5/c1-15-10-16(2)12-19(11-15)28-22-14-27-21-13-18(8-9-20(21)23(22)25)29-24(26)17-6-4-3-5-7-17/h3-14H,1-2H3. The van der Waals surface area contributed by atoms with Gasteiger partial charge in [0.25, 0.3) is 0 Å². The molecule has 0 unspecified atom stereocenters. The first-order chi connectivity index (χ1) is 14.0. The van der Waals surface area contributed by atoms with Crippen LogP contribution in [0.5, 0.6) is 17.2 Å². The zero-order valence-corrected chi connectivity index (χ0v) is 16.0. The second-order valence-corrected chi connectivity index (χ2v) is 6.77. The Morgan fingerprint density at radius 2 is 1.59 bits per heavy atom. The predicted octanol–water partition coefficient (Wildman–Crippen LogP) is 5.42. The zero-order chi connectivity index (χ0) is 20.4. The van der Waals surface area contributed by atoms with Crippen molar-refractivity contribution in [2.45, 2.75) is 13.8 Å². The Labute approximate surface area is 167 Å². The van der Waals surface area contributed by atoms with Crippen molar-refractivity contribution in [3.05, 3.63) is 99.9 Å². The molecule has 3 aromatic carbocycles. The molecule has 1 aromatic heterocycles. The van der Waals surface area contributed by atoms with E-state index in [2.05, 4.69) is 0 Å². The molecule has 0 spiro atoms. The molecule has 29 heavy (non-hydrogen) atoms. The lowest BCUT2D eigenvalue weighted by atomic mass is 10.1. The van der Waals surface area contributed by atoms with Gasteiger partial charge in [-0.05, 0) is 61.4 Å². The van der Waals surface area contributed by atoms with Gasteiger partial charge < -0.3 is 13.9 Å². The minimum absolute atomic E-state index is 0.0940. The normalized spacial score (nSPS) is 10.7. The van der Waals surface area contributed by atoms with Crippen LogP contribution in [0, 0.1) is 13.8 Å². The number of fused-ring (bicyclic) bond motifs is 1. The monoisotopic (exact) mass is 386 g/mol. The Morgan fingerprint density at radius 1 is 0.862 bits per heavy atom. The summed E-state index contributed by atoms with van der Waals surface area (Å²) in [6.07, 6.45) is 1.27. The van der Waals surface area contributed by atoms with Gasteiger partial charge in [0.1, 0.15) is 23.3 Å². The number of ether oxygens (including phenoxy) is 2. The Bertz CT molecular complexity index is 1240. The van der Waals surface area contributed by atoms with Crippen molar-refractivity contribution in [1.82, 2.24) is 0 Å². The molecule has 0 aliphatic heterocycles. The summed E-state index contributed by atoms with van der Waals surface area (Å²) in [7, 11) is 0. The number of esters is 1. The molecule has 0 amide bonds. The molecule has 4 rings (SSSR count). The van der Waals surface area contributed by atoms with E-state index in [-0.39, 0.29) is 16.9 Å². The van der Waals surface area contributed by atoms with Gasteiger partial charge in [-0.2, -0.15) is 0 Å². The van der Waals surface area contributed by atoms with Crippen molar-refractivity contribution in [3.8, 4) is 17.2 Å². The minimum Gasteiger partial charge on any atom is -0.460 e. The van der Waals surface area contributed by atoms with Crippen molar-refractivity contribution < 1.29 is 18.7 Å². The largest absolute Gasteiger partial charge is 0.460 e. The summed E-state index contributed by atoms with van der Waals surface area (Å²) in [6, 6.07) is 19.0. The van der Waals surface area contributed by atoms with E-state index in [1.54, 1.807) is 36.4 Å². The molecule has 144 valence electrons. The summed E-state index contributed by atoms with van der Waals surface area (Å²) >= 11 is 0. The molecule has 0 radical (unpaired) electrons. The lowest BCUT2D eigenvalue weighted by molar-refractivity contribution is 0.0735. The average Bonchev–Trinajstić information content (AvgIpc) is 2.70. The van der Waals surface area contributed by atoms with Crippen LogP contribution in [0.1, 0.15) is 21.5 Å². The van der Waals surface area contributed by atoms with Gasteiger partial charge >= 0.3 is 5.97 Å². The maximum absolute atomic E-state index is 12.8. The van der Waals surface area contributed by atoms with Gasteiger partial charge in [-0.1, -0.05) is 24.3 Å². The van der Waals surface area contributed by atoms with E-state index in [0.29, 0.717) is 22.3 Å². The maximum Gasteiger partial charge on any atom is 0.343 e. The maximum atomic E-state index is 12.8. The van der Waals surface area contributed by atoms with Crippen LogP contribution in [0.4, 0.5) is 0 Å². The lowest BCUT2D eigenvalue weighted by Crippen LogP contribution is -2.09. The van der Waals surface area contributed by atoms with Gasteiger partial charge in [0.2, 0.25) is 11.2 Å². The van der Waals surface area contributed by atoms with Crippen molar-refractivity contribution in [3.63, 3.8) is 0 Å². The molecule has 0 atom stereocenters. The topological polar surface area (TPSA) is 65.7 Å². The third-order valence-electron chi connectivity index (χ3n) is 4.36. The fourth-order valence-electron chi connectivity index (χ4n) is 3.08. The molecular formula is C24H18O5. The van der Waals surface area contributed by atoms with Gasteiger partial charge in [-0.25, -0.2) is 4.79 Å². The number of carbonyl (C=O) groups is 1. The van der Waals surface area contributed by atoms with Gasteiger partial charge in [-0.15, -0.1) is 0 Å². The third-order valence-corrected chi connectivity index (χ3v) is 4.36. The number of hydrogen-bond donors (Lipinski definition) is 0. The lowest BCUT2D eigenvalue weighted by Gasteiger charge is -2.08. The van der Waals surface area contributed by atoms with Crippen LogP contribution in [-0.4, -0.2) is 5.97 Å². The summed E-state index contributed by atoms with van der Waals surface area (Å²) in [5.41, 5.74) is 2.52. The molecule has 0 bridgehead atoms. The third kappa shape index (κ3) is 4.04. The molecule has 5 nitrogen and oxygen atoms in total. The summed E-state index contributed by atoms with van der Waals surface area (Å²) < 4.78 is 16.7. The number of carbonyl (C=O) groups excluding carboxylic acids is 1. The van der Waals surface area contributed by atoms with Crippen LogP contribution in [-0.2, 0) is 0 Å². The molecule has 0 saturated heterocycles. The van der Waals surface area contributed by atoms with Crippen molar-refractivity contribution in [2.75, 3.05) is 0 Å². The molecule has 1 heterocycles. The van der Waals surface area contributed by atoms with Gasteiger partial charge in [0, 0.05) is 6.07 Å². The van der Waals surface area contributed by atoms with Crippen LogP contribution < -0.4 is 14.9 Å². The van der Waals surface area contributed by atoms with Crippen molar-refractivity contribution in [1.29, 1.82) is 0 Å². The Morgan fingerprint density at radius 3 is 2.31 bits per heavy atom. The Hall–Kier alpha value is -3.86. The second-order valence-electron chi connectivity index (χ2n) is 6.77. The number of rotatable bonds is 4. The summed E-state index contributed by atoms with van der Waals surface area (Å²) in [5, 5.41) is 0.339. The molecule has 0 fully saturated rings. The van der Waals surface area contributed by atoms with E-state index < -0.39 is 5.97 Å². The molecule has 0 aliphatic carbocycles. The first-order valence-corrected chi connectivity index (χ1v) is 9.08. The first kappa shape index (κ1) is 18.5. The predicted molar refractivity (Wildman–Crippen MR) is 110 cm³/mol. The second kappa shape index (κ2) is 7.64. The summed E-state index contributed by atoms with van der Waals surface area (Å²) in [5.74, 6) is 0.471. The minimum atomic E-state index is -0.484. The van der Waals surface area contributed by atoms with Gasteiger partial charge in [0.05, 0.1) is 10.9 Å². The number of benzene rings is 3. The zero-order valence-electron chi connectivity index (χ0n) is 16.0. The molecule has 4 aromatic rings. The van der Waals surface area contributed by atoms with Crippen molar-refractivity contribution in [2.24, 2.45) is 0 Å². The highest BCUT2D eigenvalue weighted by Crippen LogP contribution is 2.25. The molecule has 0 N–H and O–H groups in total. The van der Waals surface area contributed by atoms with Crippen molar-refractivity contribution >= 4 is 16.9 Å². The van der Waals surface area contributed by atoms with E-state index in [9.17, 15) is 9.59 Å². The molecule has 0 aliphatic rings. The summed E-state index contributed by atoms with van der Waals surface area (Å²) in [4.78, 5) is 25.0. The van der Waals surface area contributed by atoms with Crippen LogP contribution in [0.25, 0.3) is 11.0 Å². The number of aryl methyl sites for hydroxylation is 2. The highest BCUT2D eigenvalue weighted by Gasteiger charge is 2.13. The van der Waals surface area contributed by atoms with Gasteiger partial charge in [-0.3, -0.25) is 4.79 Å². The van der Waals surface area contributed by atoms with E-state index in [0.717, 1.165) is 11.1 Å². The van der Waals surface area contributed by atoms with E-state index >= 15 is 0 Å². The molecular weight excluding hydrogens is 368 g/mol. The van der Waals surface area contributed by atoms with Crippen LogP contribution in [0.15, 0.2) is 82.2 Å². The smallest absolute Gasteiger partial charge is 0.343 e. The SMILES string of the molecule is Cc1cc(C)cc(Oc2coc3cc(OC(=O)c4ccccc4)ccc3c2=O)c1.